The second-order valence-electron chi connectivity index (χ2n) is 24.9. The van der Waals surface area contributed by atoms with Crippen molar-refractivity contribution in [1.82, 2.24) is 31.9 Å². The van der Waals surface area contributed by atoms with E-state index in [9.17, 15) is 53.1 Å². The SMILES string of the molecule is CC(=O)OC1[C@H](O[C@H]2C(O)C(O[C@@H]3OC(CNC(=O)OC(C)(C)C)CCC3NC(=O)OC(C)(C)C)[C@@H](NC(=O)OC(C)(C)C)C[C@H]2NC(=O)[C@H](CCNC(=O)OC(C)(C)C)OC(C)=O)OC(C=O)[C@H](OC(C)=O)[C@@H]1NC(=O)OC(C)(C)C. The zero-order chi connectivity index (χ0) is 62.5. The topological polar surface area (TPSA) is 374 Å². The van der Waals surface area contributed by atoms with Crippen molar-refractivity contribution in [2.45, 2.75) is 264 Å². The van der Waals surface area contributed by atoms with Crippen LogP contribution in [0.5, 0.6) is 0 Å². The van der Waals surface area contributed by atoms with E-state index in [-0.39, 0.29) is 38.6 Å². The van der Waals surface area contributed by atoms with Gasteiger partial charge in [-0.2, -0.15) is 0 Å². The number of ether oxygens (including phenoxy) is 12. The van der Waals surface area contributed by atoms with Gasteiger partial charge in [0.2, 0.25) is 0 Å². The van der Waals surface area contributed by atoms with Crippen LogP contribution in [-0.2, 0) is 80.8 Å². The Morgan fingerprint density at radius 1 is 0.524 bits per heavy atom. The van der Waals surface area contributed by atoms with Crippen LogP contribution in [0.25, 0.3) is 0 Å². The molecule has 6 amide bonds. The molecule has 0 aromatic carbocycles. The summed E-state index contributed by atoms with van der Waals surface area (Å²) in [5.41, 5.74) is -4.95. The van der Waals surface area contributed by atoms with Crippen LogP contribution in [0, 0.1) is 0 Å². The fourth-order valence-corrected chi connectivity index (χ4v) is 8.54. The maximum Gasteiger partial charge on any atom is 0.408 e. The molecule has 2 aliphatic heterocycles. The van der Waals surface area contributed by atoms with Gasteiger partial charge in [0.15, 0.2) is 43.3 Å². The predicted molar refractivity (Wildman–Crippen MR) is 284 cm³/mol. The van der Waals surface area contributed by atoms with E-state index in [4.69, 9.17) is 56.8 Å². The van der Waals surface area contributed by atoms with Crippen molar-refractivity contribution < 1.29 is 110 Å². The van der Waals surface area contributed by atoms with Crippen LogP contribution in [0.15, 0.2) is 0 Å². The van der Waals surface area contributed by atoms with Crippen LogP contribution in [0.4, 0.5) is 24.0 Å². The third-order valence-electron chi connectivity index (χ3n) is 11.3. The zero-order valence-electron chi connectivity index (χ0n) is 50.3. The standard InChI is InChI=1S/C53H88N6O23/c1-26(61)71-33(21-22-54-44(66)78-49(4,5)6)41(65)56-31-23-32(58-47(69)81-52(13,14)15)38(76-42-30(57-46(68)80-51(10,11)12)20-19-29(74-42)24-55-45(67)79-50(7,8)9)36(64)37(31)77-43-40(73-28(3)63)35(59-48(70)82-53(16,17)18)39(72-27(2)62)34(25-60)75-43/h25,29-40,42-43,64H,19-24H2,1-18H3,(H,54,66)(H,55,67)(H,56,65)(H,57,68)(H,58,69)(H,59,70)/t29?,30?,31-,32+,33+,34?,35+,36?,37-,38?,39+,40?,42+,43+/m1/s1. The van der Waals surface area contributed by atoms with Crippen molar-refractivity contribution in [2.75, 3.05) is 13.1 Å². The van der Waals surface area contributed by atoms with Crippen molar-refractivity contribution >= 4 is 60.6 Å². The highest BCUT2D eigenvalue weighted by Gasteiger charge is 2.56. The summed E-state index contributed by atoms with van der Waals surface area (Å²) in [6, 6.07) is -5.77. The van der Waals surface area contributed by atoms with Crippen LogP contribution in [0.1, 0.15) is 150 Å². The number of carbonyl (C=O) groups is 10. The van der Waals surface area contributed by atoms with E-state index < -0.39 is 174 Å². The van der Waals surface area contributed by atoms with E-state index in [1.54, 1.807) is 104 Å². The molecule has 3 fully saturated rings. The molecule has 0 bridgehead atoms. The van der Waals surface area contributed by atoms with Gasteiger partial charge in [0, 0.05) is 40.3 Å². The number of nitrogens with one attached hydrogen (secondary N) is 6. The van der Waals surface area contributed by atoms with Crippen molar-refractivity contribution in [1.29, 1.82) is 0 Å². The van der Waals surface area contributed by atoms with Crippen LogP contribution < -0.4 is 31.9 Å². The third-order valence-corrected chi connectivity index (χ3v) is 11.3. The van der Waals surface area contributed by atoms with Crippen LogP contribution in [0.2, 0.25) is 0 Å². The summed E-state index contributed by atoms with van der Waals surface area (Å²) in [6.07, 6.45) is -22.2. The van der Waals surface area contributed by atoms with Gasteiger partial charge in [-0.3, -0.25) is 19.2 Å². The lowest BCUT2D eigenvalue weighted by Crippen LogP contribution is -2.71. The van der Waals surface area contributed by atoms with E-state index in [0.717, 1.165) is 20.8 Å². The number of aliphatic hydroxyl groups excluding tert-OH is 1. The highest BCUT2D eigenvalue weighted by Crippen LogP contribution is 2.35. The van der Waals surface area contributed by atoms with Crippen molar-refractivity contribution in [3.05, 3.63) is 0 Å². The molecule has 2 saturated heterocycles. The number of aliphatic hydroxyl groups is 1. The molecule has 6 unspecified atom stereocenters. The summed E-state index contributed by atoms with van der Waals surface area (Å²) in [6.45, 7) is 26.8. The quantitative estimate of drug-likeness (QED) is 0.0588. The van der Waals surface area contributed by atoms with Gasteiger partial charge in [-0.25, -0.2) is 24.0 Å². The summed E-state index contributed by atoms with van der Waals surface area (Å²) in [5, 5.41) is 28.7. The molecule has 0 aromatic rings. The molecule has 14 atom stereocenters. The summed E-state index contributed by atoms with van der Waals surface area (Å²) < 4.78 is 69.6. The van der Waals surface area contributed by atoms with Crippen molar-refractivity contribution in [3.63, 3.8) is 0 Å². The Morgan fingerprint density at radius 2 is 0.963 bits per heavy atom. The monoisotopic (exact) mass is 1180 g/mol. The first-order chi connectivity index (χ1) is 37.5. The van der Waals surface area contributed by atoms with E-state index in [0.29, 0.717) is 0 Å². The van der Waals surface area contributed by atoms with Gasteiger partial charge in [0.25, 0.3) is 5.91 Å². The number of aldehydes is 1. The molecule has 0 aromatic heterocycles. The number of esters is 3. The first kappa shape index (κ1) is 70.0. The molecule has 29 nitrogen and oxygen atoms in total. The molecule has 0 spiro atoms. The Kier molecular flexibility index (Phi) is 25.0. The number of alkyl carbamates (subject to hydrolysis) is 5. The summed E-state index contributed by atoms with van der Waals surface area (Å²) >= 11 is 0. The van der Waals surface area contributed by atoms with Gasteiger partial charge in [-0.1, -0.05) is 0 Å². The highest BCUT2D eigenvalue weighted by molar-refractivity contribution is 5.84. The number of rotatable bonds is 18. The van der Waals surface area contributed by atoms with Gasteiger partial charge in [0.05, 0.1) is 24.2 Å². The second-order valence-corrected chi connectivity index (χ2v) is 24.9. The molecule has 3 aliphatic rings. The lowest BCUT2D eigenvalue weighted by Gasteiger charge is -2.50. The van der Waals surface area contributed by atoms with E-state index in [1.165, 1.54) is 0 Å². The molecule has 29 heteroatoms. The molecule has 1 aliphatic carbocycles. The second kappa shape index (κ2) is 29.3. The maximum absolute atomic E-state index is 14.5. The van der Waals surface area contributed by atoms with E-state index >= 15 is 0 Å². The van der Waals surface area contributed by atoms with Gasteiger partial charge in [-0.05, 0) is 123 Å². The molecule has 1 saturated carbocycles. The maximum atomic E-state index is 14.5. The fourth-order valence-electron chi connectivity index (χ4n) is 8.54. The highest BCUT2D eigenvalue weighted by atomic mass is 16.7. The number of amides is 6. The third kappa shape index (κ3) is 25.0. The molecule has 468 valence electrons. The minimum absolute atomic E-state index is 0.110. The predicted octanol–water partition coefficient (Wildman–Crippen LogP) is 3.35. The summed E-state index contributed by atoms with van der Waals surface area (Å²) in [4.78, 5) is 132. The van der Waals surface area contributed by atoms with E-state index in [2.05, 4.69) is 31.9 Å². The van der Waals surface area contributed by atoms with Crippen LogP contribution >= 0.6 is 0 Å². The van der Waals surface area contributed by atoms with Gasteiger partial charge >= 0.3 is 48.4 Å². The Balaban J connectivity index is 2.32. The van der Waals surface area contributed by atoms with Gasteiger partial charge in [0.1, 0.15) is 52.4 Å². The number of hydrogen-bond acceptors (Lipinski definition) is 23. The van der Waals surface area contributed by atoms with E-state index in [1.807, 2.05) is 0 Å². The van der Waals surface area contributed by atoms with Crippen molar-refractivity contribution in [3.8, 4) is 0 Å². The summed E-state index contributed by atoms with van der Waals surface area (Å²) in [5.74, 6) is -3.92. The Morgan fingerprint density at radius 3 is 1.44 bits per heavy atom. The number of hydrogen-bond donors (Lipinski definition) is 7. The lowest BCUT2D eigenvalue weighted by molar-refractivity contribution is -0.310. The number of carbonyl (C=O) groups excluding carboxylic acids is 10. The largest absolute Gasteiger partial charge is 0.457 e. The Labute approximate surface area is 478 Å². The molecule has 7 N–H and O–H groups in total. The van der Waals surface area contributed by atoms with Gasteiger partial charge < -0.3 is 98.6 Å². The van der Waals surface area contributed by atoms with Crippen LogP contribution in [0.3, 0.4) is 0 Å². The summed E-state index contributed by atoms with van der Waals surface area (Å²) in [7, 11) is 0. The van der Waals surface area contributed by atoms with Crippen LogP contribution in [-0.4, -0.2) is 192 Å². The normalized spacial score (nSPS) is 27.3. The Bertz CT molecular complexity index is 2230. The molecule has 82 heavy (non-hydrogen) atoms. The van der Waals surface area contributed by atoms with Crippen molar-refractivity contribution in [2.24, 2.45) is 0 Å². The fraction of sp³-hybridized carbons (Fsp3) is 0.811. The molecular weight excluding hydrogens is 1090 g/mol. The van der Waals surface area contributed by atoms with Gasteiger partial charge in [-0.15, -0.1) is 0 Å². The average Bonchev–Trinajstić information content (AvgIpc) is 3.20. The molecule has 3 rings (SSSR count). The minimum Gasteiger partial charge on any atom is -0.457 e. The minimum atomic E-state index is -2.12. The first-order valence-corrected chi connectivity index (χ1v) is 27.0. The Hall–Kier alpha value is -6.30. The molecular formula is C53H88N6O23. The molecule has 2 heterocycles. The first-order valence-electron chi connectivity index (χ1n) is 27.0. The lowest BCUT2D eigenvalue weighted by atomic mass is 9.83. The average molecular weight is 1180 g/mol. The smallest absolute Gasteiger partial charge is 0.408 e. The molecule has 0 radical (unpaired) electrons. The zero-order valence-corrected chi connectivity index (χ0v) is 50.3.